The Morgan fingerprint density at radius 3 is 2.81 bits per heavy atom. The molecule has 7 nitrogen and oxygen atoms in total. The third-order valence-corrected chi connectivity index (χ3v) is 6.39. The van der Waals surface area contributed by atoms with Crippen LogP contribution in [0, 0.1) is 0 Å². The molecule has 1 unspecified atom stereocenters. The van der Waals surface area contributed by atoms with Crippen LogP contribution in [0.1, 0.15) is 51.9 Å². The molecule has 3 aliphatic heterocycles. The van der Waals surface area contributed by atoms with Crippen LogP contribution in [0.25, 0.3) is 0 Å². The number of piperidine rings is 1. The minimum Gasteiger partial charge on any atom is -0.385 e. The second-order valence-electron chi connectivity index (χ2n) is 8.48. The number of hydrogen-bond donors (Lipinski definition) is 3. The van der Waals surface area contributed by atoms with Gasteiger partial charge in [-0.1, -0.05) is 30.3 Å². The lowest BCUT2D eigenvalue weighted by molar-refractivity contribution is -0.136. The Kier molecular flexibility index (Phi) is 5.19. The Bertz CT molecular complexity index is 1060. The maximum absolute atomic E-state index is 13.2. The summed E-state index contributed by atoms with van der Waals surface area (Å²) in [6, 6.07) is 11.8. The summed E-state index contributed by atoms with van der Waals surface area (Å²) < 4.78 is 0. The molecule has 1 saturated heterocycles. The average Bonchev–Trinajstić information content (AvgIpc) is 3.11. The molecule has 1 atom stereocenters. The molecule has 0 spiro atoms. The van der Waals surface area contributed by atoms with Gasteiger partial charge >= 0.3 is 0 Å². The quantitative estimate of drug-likeness (QED) is 0.647. The Hall–Kier alpha value is -3.19. The molecule has 2 aromatic carbocycles. The van der Waals surface area contributed by atoms with E-state index in [0.29, 0.717) is 25.1 Å². The number of imide groups is 1. The molecule has 0 saturated carbocycles. The highest BCUT2D eigenvalue weighted by Crippen LogP contribution is 2.30. The third-order valence-electron chi connectivity index (χ3n) is 6.39. The predicted molar refractivity (Wildman–Crippen MR) is 116 cm³/mol. The van der Waals surface area contributed by atoms with Crippen molar-refractivity contribution in [3.63, 3.8) is 0 Å². The predicted octanol–water partition coefficient (Wildman–Crippen LogP) is 2.10. The van der Waals surface area contributed by atoms with Gasteiger partial charge in [-0.2, -0.15) is 0 Å². The number of nitrogens with one attached hydrogen (secondary N) is 3. The summed E-state index contributed by atoms with van der Waals surface area (Å²) in [5, 5.41) is 9.25. The number of hydrogen-bond acceptors (Lipinski definition) is 5. The fourth-order valence-corrected chi connectivity index (χ4v) is 4.82. The summed E-state index contributed by atoms with van der Waals surface area (Å²) in [5.74, 6) is -0.769. The van der Waals surface area contributed by atoms with E-state index in [-0.39, 0.29) is 24.1 Å². The van der Waals surface area contributed by atoms with Crippen LogP contribution < -0.4 is 16.0 Å². The molecule has 31 heavy (non-hydrogen) atoms. The molecule has 3 heterocycles. The van der Waals surface area contributed by atoms with Gasteiger partial charge in [-0.05, 0) is 47.6 Å². The fraction of sp³-hybridized carbons (Fsp3) is 0.375. The van der Waals surface area contributed by atoms with Crippen LogP contribution in [-0.2, 0) is 35.6 Å². The van der Waals surface area contributed by atoms with Crippen molar-refractivity contribution in [1.82, 2.24) is 15.5 Å². The fourth-order valence-electron chi connectivity index (χ4n) is 4.82. The van der Waals surface area contributed by atoms with E-state index in [0.717, 1.165) is 37.1 Å². The van der Waals surface area contributed by atoms with Crippen LogP contribution in [-0.4, -0.2) is 35.2 Å². The molecular weight excluding hydrogens is 392 g/mol. The number of aryl methyl sites for hydroxylation is 1. The van der Waals surface area contributed by atoms with Crippen LogP contribution in [0.3, 0.4) is 0 Å². The standard InChI is InChI=1S/C24H26N4O3/c29-21-9-8-20(23(30)27-21)28-14-18-4-1-3-17(22(18)24(28)31)13-25-12-15-6-7-19-16(11-15)5-2-10-26-19/h1,3-4,6-7,11,20,25-26H,2,5,8-10,12-14H2,(H,27,29,30). The smallest absolute Gasteiger partial charge is 0.255 e. The van der Waals surface area contributed by atoms with Gasteiger partial charge < -0.3 is 15.5 Å². The Morgan fingerprint density at radius 2 is 1.94 bits per heavy atom. The van der Waals surface area contributed by atoms with Crippen LogP contribution in [0.5, 0.6) is 0 Å². The first-order valence-electron chi connectivity index (χ1n) is 10.9. The molecule has 3 amide bonds. The zero-order valence-electron chi connectivity index (χ0n) is 17.4. The summed E-state index contributed by atoms with van der Waals surface area (Å²) in [4.78, 5) is 38.5. The zero-order chi connectivity index (χ0) is 21.4. The number of anilines is 1. The monoisotopic (exact) mass is 418 g/mol. The van der Waals surface area contributed by atoms with Crippen LogP contribution in [0.4, 0.5) is 5.69 Å². The number of fused-ring (bicyclic) bond motifs is 2. The lowest BCUT2D eigenvalue weighted by atomic mass is 10.0. The zero-order valence-corrected chi connectivity index (χ0v) is 17.4. The van der Waals surface area contributed by atoms with Crippen molar-refractivity contribution in [2.45, 2.75) is 51.4 Å². The van der Waals surface area contributed by atoms with E-state index in [9.17, 15) is 14.4 Å². The summed E-state index contributed by atoms with van der Waals surface area (Å²) in [6.45, 7) is 2.75. The van der Waals surface area contributed by atoms with E-state index in [1.165, 1.54) is 16.8 Å². The highest BCUT2D eigenvalue weighted by atomic mass is 16.2. The minimum atomic E-state index is -0.581. The molecule has 3 N–H and O–H groups in total. The van der Waals surface area contributed by atoms with E-state index >= 15 is 0 Å². The van der Waals surface area contributed by atoms with E-state index in [2.05, 4.69) is 34.1 Å². The Balaban J connectivity index is 1.27. The summed E-state index contributed by atoms with van der Waals surface area (Å²) >= 11 is 0. The van der Waals surface area contributed by atoms with Gasteiger partial charge in [0, 0.05) is 43.9 Å². The van der Waals surface area contributed by atoms with Gasteiger partial charge in [0.25, 0.3) is 5.91 Å². The van der Waals surface area contributed by atoms with Gasteiger partial charge in [-0.3, -0.25) is 19.7 Å². The SMILES string of the molecule is O=C1CCC(N2Cc3cccc(CNCc4ccc5c(c4)CCCN5)c3C2=O)C(=O)N1. The van der Waals surface area contributed by atoms with E-state index in [1.807, 2.05) is 18.2 Å². The first kappa shape index (κ1) is 19.8. The molecule has 0 aromatic heterocycles. The van der Waals surface area contributed by atoms with E-state index < -0.39 is 6.04 Å². The summed E-state index contributed by atoms with van der Waals surface area (Å²) in [6.07, 6.45) is 2.91. The topological polar surface area (TPSA) is 90.5 Å². The Morgan fingerprint density at radius 1 is 1.03 bits per heavy atom. The van der Waals surface area contributed by atoms with Crippen molar-refractivity contribution in [2.24, 2.45) is 0 Å². The van der Waals surface area contributed by atoms with Gasteiger partial charge in [0.1, 0.15) is 6.04 Å². The number of rotatable bonds is 5. The molecule has 0 aliphatic carbocycles. The number of amides is 3. The second kappa shape index (κ2) is 8.15. The normalized spacial score (nSPS) is 20.2. The van der Waals surface area contributed by atoms with Crippen LogP contribution in [0.2, 0.25) is 0 Å². The van der Waals surface area contributed by atoms with Crippen molar-refractivity contribution >= 4 is 23.4 Å². The number of benzene rings is 2. The van der Waals surface area contributed by atoms with Crippen molar-refractivity contribution in [3.05, 3.63) is 64.2 Å². The molecule has 5 rings (SSSR count). The van der Waals surface area contributed by atoms with Gasteiger partial charge in [0.15, 0.2) is 0 Å². The second-order valence-corrected chi connectivity index (χ2v) is 8.48. The molecule has 2 aromatic rings. The minimum absolute atomic E-state index is 0.123. The number of nitrogens with zero attached hydrogens (tertiary/aromatic N) is 1. The van der Waals surface area contributed by atoms with Gasteiger partial charge in [0.05, 0.1) is 0 Å². The van der Waals surface area contributed by atoms with Crippen LogP contribution in [0.15, 0.2) is 36.4 Å². The highest BCUT2D eigenvalue weighted by molar-refractivity contribution is 6.06. The lowest BCUT2D eigenvalue weighted by Gasteiger charge is -2.29. The number of carbonyl (C=O) groups is 3. The molecular formula is C24H26N4O3. The van der Waals surface area contributed by atoms with E-state index in [1.54, 1.807) is 4.90 Å². The maximum Gasteiger partial charge on any atom is 0.255 e. The summed E-state index contributed by atoms with van der Waals surface area (Å²) in [7, 11) is 0. The van der Waals surface area contributed by atoms with Crippen LogP contribution >= 0.6 is 0 Å². The van der Waals surface area contributed by atoms with Crippen molar-refractivity contribution in [2.75, 3.05) is 11.9 Å². The van der Waals surface area contributed by atoms with Crippen molar-refractivity contribution < 1.29 is 14.4 Å². The Labute approximate surface area is 181 Å². The number of carbonyl (C=O) groups excluding carboxylic acids is 3. The molecule has 0 bridgehead atoms. The molecule has 160 valence electrons. The molecule has 0 radical (unpaired) electrons. The van der Waals surface area contributed by atoms with Crippen molar-refractivity contribution in [3.8, 4) is 0 Å². The molecule has 3 aliphatic rings. The summed E-state index contributed by atoms with van der Waals surface area (Å²) in [5.41, 5.74) is 6.39. The largest absolute Gasteiger partial charge is 0.385 e. The van der Waals surface area contributed by atoms with Crippen molar-refractivity contribution in [1.29, 1.82) is 0 Å². The van der Waals surface area contributed by atoms with Gasteiger partial charge in [0.2, 0.25) is 11.8 Å². The van der Waals surface area contributed by atoms with Gasteiger partial charge in [-0.15, -0.1) is 0 Å². The molecule has 1 fully saturated rings. The lowest BCUT2D eigenvalue weighted by Crippen LogP contribution is -2.52. The first-order valence-corrected chi connectivity index (χ1v) is 10.9. The maximum atomic E-state index is 13.2. The molecule has 7 heteroatoms. The van der Waals surface area contributed by atoms with Gasteiger partial charge in [-0.25, -0.2) is 0 Å². The average molecular weight is 418 g/mol. The third kappa shape index (κ3) is 3.81. The first-order chi connectivity index (χ1) is 15.1. The highest BCUT2D eigenvalue weighted by Gasteiger charge is 2.39. The van der Waals surface area contributed by atoms with E-state index in [4.69, 9.17) is 0 Å².